The van der Waals surface area contributed by atoms with E-state index in [0.717, 1.165) is 11.1 Å². The van der Waals surface area contributed by atoms with E-state index >= 15 is 0 Å². The van der Waals surface area contributed by atoms with Crippen molar-refractivity contribution in [2.24, 2.45) is 0 Å². The highest BCUT2D eigenvalue weighted by Crippen LogP contribution is 2.15. The van der Waals surface area contributed by atoms with Gasteiger partial charge in [0.25, 0.3) is 5.91 Å². The summed E-state index contributed by atoms with van der Waals surface area (Å²) in [7, 11) is 1.76. The minimum absolute atomic E-state index is 0.0284. The molecule has 0 fully saturated rings. The Bertz CT molecular complexity index is 547. The highest BCUT2D eigenvalue weighted by Gasteiger charge is 2.13. The Morgan fingerprint density at radius 3 is 2.78 bits per heavy atom. The molecule has 0 aliphatic carbocycles. The number of carbonyl (C=O) groups is 1. The fourth-order valence-electron chi connectivity index (χ4n) is 1.76. The van der Waals surface area contributed by atoms with Crippen molar-refractivity contribution in [1.29, 1.82) is 0 Å². The molecule has 4 nitrogen and oxygen atoms in total. The Hall–Kier alpha value is -2.23. The molecule has 0 saturated heterocycles. The second-order valence-corrected chi connectivity index (χ2v) is 4.36. The van der Waals surface area contributed by atoms with Crippen molar-refractivity contribution in [3.05, 3.63) is 53.5 Å². The molecule has 2 aromatic rings. The van der Waals surface area contributed by atoms with Gasteiger partial charge in [-0.3, -0.25) is 4.79 Å². The number of carbonyl (C=O) groups excluding carboxylic acids is 1. The van der Waals surface area contributed by atoms with Crippen molar-refractivity contribution in [2.45, 2.75) is 13.5 Å². The summed E-state index contributed by atoms with van der Waals surface area (Å²) in [4.78, 5) is 13.8. The van der Waals surface area contributed by atoms with Crippen LogP contribution in [0.1, 0.15) is 21.5 Å². The van der Waals surface area contributed by atoms with Gasteiger partial charge in [-0.1, -0.05) is 0 Å². The number of aryl methyl sites for hydroxylation is 1. The van der Waals surface area contributed by atoms with Crippen LogP contribution in [0.2, 0.25) is 0 Å². The van der Waals surface area contributed by atoms with E-state index in [1.807, 2.05) is 19.1 Å². The van der Waals surface area contributed by atoms with Crippen LogP contribution in [0.15, 0.2) is 41.2 Å². The number of hydrogen-bond acceptors (Lipinski definition) is 3. The van der Waals surface area contributed by atoms with Gasteiger partial charge >= 0.3 is 0 Å². The highest BCUT2D eigenvalue weighted by atomic mass is 16.3. The molecule has 0 spiro atoms. The lowest BCUT2D eigenvalue weighted by Gasteiger charge is -2.16. The van der Waals surface area contributed by atoms with Gasteiger partial charge in [-0.2, -0.15) is 0 Å². The molecule has 1 aromatic heterocycles. The van der Waals surface area contributed by atoms with E-state index < -0.39 is 0 Å². The lowest BCUT2D eigenvalue weighted by molar-refractivity contribution is 0.0785. The molecule has 94 valence electrons. The zero-order valence-corrected chi connectivity index (χ0v) is 10.5. The maximum atomic E-state index is 12.2. The highest BCUT2D eigenvalue weighted by molar-refractivity contribution is 5.94. The number of nitrogens with zero attached hydrogens (tertiary/aromatic N) is 1. The Morgan fingerprint density at radius 1 is 1.39 bits per heavy atom. The first-order chi connectivity index (χ1) is 8.58. The molecule has 0 unspecified atom stereocenters. The smallest absolute Gasteiger partial charge is 0.253 e. The largest absolute Gasteiger partial charge is 0.472 e. The van der Waals surface area contributed by atoms with Gasteiger partial charge < -0.3 is 15.1 Å². The second-order valence-electron chi connectivity index (χ2n) is 4.36. The van der Waals surface area contributed by atoms with Crippen molar-refractivity contribution in [1.82, 2.24) is 4.90 Å². The van der Waals surface area contributed by atoms with Gasteiger partial charge in [-0.15, -0.1) is 0 Å². The molecule has 1 heterocycles. The maximum absolute atomic E-state index is 12.2. The fourth-order valence-corrected chi connectivity index (χ4v) is 1.76. The van der Waals surface area contributed by atoms with Gasteiger partial charge in [-0.25, -0.2) is 0 Å². The molecule has 4 heteroatoms. The third-order valence-electron chi connectivity index (χ3n) is 2.86. The van der Waals surface area contributed by atoms with Crippen molar-refractivity contribution in [2.75, 3.05) is 12.8 Å². The normalized spacial score (nSPS) is 10.3. The first kappa shape index (κ1) is 12.2. The summed E-state index contributed by atoms with van der Waals surface area (Å²) in [5.41, 5.74) is 8.97. The molecule has 2 N–H and O–H groups in total. The molecule has 0 bridgehead atoms. The van der Waals surface area contributed by atoms with E-state index in [2.05, 4.69) is 0 Å². The predicted molar refractivity (Wildman–Crippen MR) is 70.1 cm³/mol. The van der Waals surface area contributed by atoms with Crippen LogP contribution in [0, 0.1) is 6.92 Å². The van der Waals surface area contributed by atoms with Crippen LogP contribution in [-0.2, 0) is 6.54 Å². The quantitative estimate of drug-likeness (QED) is 0.844. The molecule has 0 atom stereocenters. The summed E-state index contributed by atoms with van der Waals surface area (Å²) in [6, 6.07) is 7.16. The summed E-state index contributed by atoms with van der Waals surface area (Å²) < 4.78 is 4.98. The topological polar surface area (TPSA) is 59.5 Å². The monoisotopic (exact) mass is 244 g/mol. The third kappa shape index (κ3) is 2.53. The van der Waals surface area contributed by atoms with Crippen LogP contribution in [0.3, 0.4) is 0 Å². The molecule has 0 aliphatic heterocycles. The van der Waals surface area contributed by atoms with E-state index in [-0.39, 0.29) is 5.91 Å². The molecule has 2 rings (SSSR count). The van der Waals surface area contributed by atoms with Crippen LogP contribution in [0.25, 0.3) is 0 Å². The average Bonchev–Trinajstić information content (AvgIpc) is 2.84. The van der Waals surface area contributed by atoms with E-state index in [4.69, 9.17) is 10.2 Å². The summed E-state index contributed by atoms with van der Waals surface area (Å²) in [5.74, 6) is -0.0284. The lowest BCUT2D eigenvalue weighted by atomic mass is 10.1. The Balaban J connectivity index is 2.12. The van der Waals surface area contributed by atoms with Crippen molar-refractivity contribution < 1.29 is 9.21 Å². The molecule has 0 aliphatic rings. The summed E-state index contributed by atoms with van der Waals surface area (Å²) >= 11 is 0. The zero-order chi connectivity index (χ0) is 13.1. The maximum Gasteiger partial charge on any atom is 0.253 e. The first-order valence-corrected chi connectivity index (χ1v) is 5.70. The molecule has 0 radical (unpaired) electrons. The lowest BCUT2D eigenvalue weighted by Crippen LogP contribution is -2.26. The number of nitrogens with two attached hydrogens (primary N) is 1. The number of anilines is 1. The van der Waals surface area contributed by atoms with Gasteiger partial charge in [-0.05, 0) is 36.8 Å². The first-order valence-electron chi connectivity index (χ1n) is 5.70. The second kappa shape index (κ2) is 4.96. The van der Waals surface area contributed by atoms with Gasteiger partial charge in [0, 0.05) is 30.4 Å². The number of amides is 1. The summed E-state index contributed by atoms with van der Waals surface area (Å²) in [6.07, 6.45) is 3.24. The number of furan rings is 1. The number of benzene rings is 1. The standard InChI is InChI=1S/C14H16N2O2/c1-10-7-12(3-4-13(10)15)14(17)16(2)8-11-5-6-18-9-11/h3-7,9H,8,15H2,1-2H3. The molecule has 18 heavy (non-hydrogen) atoms. The molecule has 1 aromatic carbocycles. The van der Waals surface area contributed by atoms with E-state index in [0.29, 0.717) is 17.8 Å². The number of nitrogen functional groups attached to an aromatic ring is 1. The van der Waals surface area contributed by atoms with Gasteiger partial charge in [0.1, 0.15) is 0 Å². The minimum atomic E-state index is -0.0284. The van der Waals surface area contributed by atoms with Gasteiger partial charge in [0.15, 0.2) is 0 Å². The van der Waals surface area contributed by atoms with Crippen LogP contribution in [-0.4, -0.2) is 17.9 Å². The van der Waals surface area contributed by atoms with Crippen LogP contribution in [0.5, 0.6) is 0 Å². The van der Waals surface area contributed by atoms with Crippen LogP contribution in [0.4, 0.5) is 5.69 Å². The van der Waals surface area contributed by atoms with Crippen molar-refractivity contribution in [3.8, 4) is 0 Å². The molecule has 0 saturated carbocycles. The SMILES string of the molecule is Cc1cc(C(=O)N(C)Cc2ccoc2)ccc1N. The van der Waals surface area contributed by atoms with Crippen molar-refractivity contribution >= 4 is 11.6 Å². The third-order valence-corrected chi connectivity index (χ3v) is 2.86. The average molecular weight is 244 g/mol. The Labute approximate surface area is 106 Å². The number of hydrogen-bond donors (Lipinski definition) is 1. The van der Waals surface area contributed by atoms with Crippen molar-refractivity contribution in [3.63, 3.8) is 0 Å². The fraction of sp³-hybridized carbons (Fsp3) is 0.214. The zero-order valence-electron chi connectivity index (χ0n) is 10.5. The molecular formula is C14H16N2O2. The number of rotatable bonds is 3. The minimum Gasteiger partial charge on any atom is -0.472 e. The molecule has 1 amide bonds. The Kier molecular flexibility index (Phi) is 3.37. The van der Waals surface area contributed by atoms with Gasteiger partial charge in [0.2, 0.25) is 0 Å². The van der Waals surface area contributed by atoms with Crippen LogP contribution >= 0.6 is 0 Å². The van der Waals surface area contributed by atoms with Gasteiger partial charge in [0.05, 0.1) is 12.5 Å². The molecular weight excluding hydrogens is 228 g/mol. The predicted octanol–water partition coefficient (Wildman–Crippen LogP) is 2.44. The van der Waals surface area contributed by atoms with Crippen LogP contribution < -0.4 is 5.73 Å². The van der Waals surface area contributed by atoms with E-state index in [1.165, 1.54) is 0 Å². The van der Waals surface area contributed by atoms with E-state index in [1.54, 1.807) is 36.6 Å². The van der Waals surface area contributed by atoms with E-state index in [9.17, 15) is 4.79 Å². The summed E-state index contributed by atoms with van der Waals surface area (Å²) in [5, 5.41) is 0. The Morgan fingerprint density at radius 2 is 2.17 bits per heavy atom. The summed E-state index contributed by atoms with van der Waals surface area (Å²) in [6.45, 7) is 2.42.